The lowest BCUT2D eigenvalue weighted by Gasteiger charge is -2.12. The Bertz CT molecular complexity index is 234. The molecule has 1 atom stereocenters. The van der Waals surface area contributed by atoms with Gasteiger partial charge in [0.15, 0.2) is 0 Å². The minimum absolute atomic E-state index is 0.304. The van der Waals surface area contributed by atoms with Crippen molar-refractivity contribution in [1.29, 1.82) is 0 Å². The van der Waals surface area contributed by atoms with Crippen molar-refractivity contribution in [3.05, 3.63) is 48.7 Å². The molecule has 0 bridgehead atoms. The minimum atomic E-state index is 0.304. The van der Waals surface area contributed by atoms with E-state index in [9.17, 15) is 0 Å². The van der Waals surface area contributed by atoms with Crippen molar-refractivity contribution in [2.45, 2.75) is 26.8 Å². The highest BCUT2D eigenvalue weighted by molar-refractivity contribution is 5.28. The summed E-state index contributed by atoms with van der Waals surface area (Å²) < 4.78 is 0. The highest BCUT2D eigenvalue weighted by Crippen LogP contribution is 2.05. The van der Waals surface area contributed by atoms with Gasteiger partial charge in [-0.15, -0.1) is 0 Å². The van der Waals surface area contributed by atoms with Crippen LogP contribution in [-0.4, -0.2) is 6.04 Å². The highest BCUT2D eigenvalue weighted by Gasteiger charge is 2.00. The Morgan fingerprint density at radius 1 is 1.38 bits per heavy atom. The molecular weight excluding hydrogens is 158 g/mol. The van der Waals surface area contributed by atoms with Crippen LogP contribution in [0.2, 0.25) is 0 Å². The van der Waals surface area contributed by atoms with E-state index in [0.29, 0.717) is 6.04 Å². The highest BCUT2D eigenvalue weighted by atomic mass is 14.9. The fourth-order valence-corrected chi connectivity index (χ4v) is 1.00. The molecule has 1 heteroatoms. The first-order valence-electron chi connectivity index (χ1n) is 4.48. The molecule has 1 nitrogen and oxygen atoms in total. The average molecular weight is 177 g/mol. The van der Waals surface area contributed by atoms with E-state index < -0.39 is 0 Å². The summed E-state index contributed by atoms with van der Waals surface area (Å²) in [5, 5.41) is 3.13. The lowest BCUT2D eigenvalue weighted by molar-refractivity contribution is 0.743. The van der Waals surface area contributed by atoms with Crippen LogP contribution in [-0.2, 0) is 0 Å². The van der Waals surface area contributed by atoms with Crippen LogP contribution in [0, 0.1) is 0 Å². The number of nitrogens with one attached hydrogen (secondary N) is 1. The Balaban J connectivity index is 4.35. The molecule has 0 amide bonds. The largest absolute Gasteiger partial charge is 0.385 e. The zero-order chi connectivity index (χ0) is 10.3. The average Bonchev–Trinajstić information content (AvgIpc) is 2.05. The van der Waals surface area contributed by atoms with Gasteiger partial charge >= 0.3 is 0 Å². The van der Waals surface area contributed by atoms with Crippen LogP contribution in [0.1, 0.15) is 20.8 Å². The third-order valence-corrected chi connectivity index (χ3v) is 1.76. The van der Waals surface area contributed by atoms with Crippen LogP contribution in [0.5, 0.6) is 0 Å². The predicted molar refractivity (Wildman–Crippen MR) is 60.5 cm³/mol. The molecule has 1 N–H and O–H groups in total. The predicted octanol–water partition coefficient (Wildman–Crippen LogP) is 3.19. The molecule has 0 fully saturated rings. The summed E-state index contributed by atoms with van der Waals surface area (Å²) in [5.41, 5.74) is 2.30. The molecular formula is C12H19N. The zero-order valence-electron chi connectivity index (χ0n) is 8.80. The molecule has 0 aliphatic carbocycles. The molecule has 13 heavy (non-hydrogen) atoms. The number of hydrogen-bond donors (Lipinski definition) is 1. The number of allylic oxidation sites excluding steroid dienone is 3. The number of hydrogen-bond acceptors (Lipinski definition) is 1. The second-order valence-electron chi connectivity index (χ2n) is 3.06. The van der Waals surface area contributed by atoms with Gasteiger partial charge in [-0.2, -0.15) is 0 Å². The van der Waals surface area contributed by atoms with Crippen molar-refractivity contribution < 1.29 is 0 Å². The quantitative estimate of drug-likeness (QED) is 0.636. The Hall–Kier alpha value is -1.24. The van der Waals surface area contributed by atoms with Gasteiger partial charge in [0.1, 0.15) is 0 Å². The monoisotopic (exact) mass is 177 g/mol. The van der Waals surface area contributed by atoms with E-state index >= 15 is 0 Å². The molecule has 0 saturated heterocycles. The molecule has 0 aliphatic rings. The zero-order valence-corrected chi connectivity index (χ0v) is 8.80. The van der Waals surface area contributed by atoms with Crippen molar-refractivity contribution >= 4 is 0 Å². The maximum Gasteiger partial charge on any atom is 0.0476 e. The van der Waals surface area contributed by atoms with Gasteiger partial charge in [-0.25, -0.2) is 0 Å². The SMILES string of the molecule is C=CNC(C)C(/C=C\C(=C)C)=C/C. The lowest BCUT2D eigenvalue weighted by atomic mass is 10.1. The van der Waals surface area contributed by atoms with E-state index in [1.54, 1.807) is 6.20 Å². The van der Waals surface area contributed by atoms with Crippen LogP contribution in [0.25, 0.3) is 0 Å². The fraction of sp³-hybridized carbons (Fsp3) is 0.333. The van der Waals surface area contributed by atoms with E-state index in [0.717, 1.165) is 5.57 Å². The number of rotatable bonds is 5. The molecule has 0 radical (unpaired) electrons. The summed E-state index contributed by atoms with van der Waals surface area (Å²) in [6.07, 6.45) is 7.88. The summed E-state index contributed by atoms with van der Waals surface area (Å²) in [5.74, 6) is 0. The summed E-state index contributed by atoms with van der Waals surface area (Å²) in [6, 6.07) is 0.304. The van der Waals surface area contributed by atoms with E-state index in [2.05, 4.69) is 37.6 Å². The maximum atomic E-state index is 3.81. The standard InChI is InChI=1S/C12H19N/c1-6-12(9-8-10(3)4)11(5)13-7-2/h6-9,11,13H,2-3H2,1,4-5H3/b9-8-,12-6+. The van der Waals surface area contributed by atoms with Crippen molar-refractivity contribution in [3.8, 4) is 0 Å². The van der Waals surface area contributed by atoms with Gasteiger partial charge in [0.2, 0.25) is 0 Å². The van der Waals surface area contributed by atoms with Gasteiger partial charge in [0.25, 0.3) is 0 Å². The minimum Gasteiger partial charge on any atom is -0.385 e. The fourth-order valence-electron chi connectivity index (χ4n) is 1.00. The molecule has 0 heterocycles. The molecule has 0 aromatic carbocycles. The second-order valence-corrected chi connectivity index (χ2v) is 3.06. The Morgan fingerprint density at radius 3 is 2.38 bits per heavy atom. The molecule has 0 aliphatic heterocycles. The van der Waals surface area contributed by atoms with Gasteiger partial charge in [0, 0.05) is 6.04 Å². The first-order valence-corrected chi connectivity index (χ1v) is 4.48. The van der Waals surface area contributed by atoms with Crippen molar-refractivity contribution in [1.82, 2.24) is 5.32 Å². The normalized spacial score (nSPS) is 14.2. The third-order valence-electron chi connectivity index (χ3n) is 1.76. The molecule has 0 spiro atoms. The van der Waals surface area contributed by atoms with Crippen molar-refractivity contribution in [3.63, 3.8) is 0 Å². The van der Waals surface area contributed by atoms with Crippen LogP contribution in [0.15, 0.2) is 48.7 Å². The molecule has 0 aromatic rings. The second kappa shape index (κ2) is 6.30. The van der Waals surface area contributed by atoms with Crippen LogP contribution >= 0.6 is 0 Å². The van der Waals surface area contributed by atoms with E-state index in [1.807, 2.05) is 19.9 Å². The first kappa shape index (κ1) is 11.8. The van der Waals surface area contributed by atoms with Crippen molar-refractivity contribution in [2.75, 3.05) is 0 Å². The Labute approximate surface area is 81.5 Å². The Morgan fingerprint density at radius 2 is 2.00 bits per heavy atom. The maximum absolute atomic E-state index is 3.81. The summed E-state index contributed by atoms with van der Waals surface area (Å²) in [6.45, 7) is 13.6. The van der Waals surface area contributed by atoms with Crippen LogP contribution in [0.3, 0.4) is 0 Å². The first-order chi connectivity index (χ1) is 6.11. The summed E-state index contributed by atoms with van der Waals surface area (Å²) in [7, 11) is 0. The molecule has 0 aromatic heterocycles. The van der Waals surface area contributed by atoms with E-state index in [1.165, 1.54) is 5.57 Å². The molecule has 0 rings (SSSR count). The van der Waals surface area contributed by atoms with Gasteiger partial charge < -0.3 is 5.32 Å². The summed E-state index contributed by atoms with van der Waals surface area (Å²) >= 11 is 0. The Kier molecular flexibility index (Phi) is 5.69. The van der Waals surface area contributed by atoms with Gasteiger partial charge in [-0.05, 0) is 32.5 Å². The lowest BCUT2D eigenvalue weighted by Crippen LogP contribution is -2.21. The topological polar surface area (TPSA) is 12.0 Å². The third kappa shape index (κ3) is 5.07. The van der Waals surface area contributed by atoms with E-state index in [-0.39, 0.29) is 0 Å². The van der Waals surface area contributed by atoms with Crippen LogP contribution in [0.4, 0.5) is 0 Å². The van der Waals surface area contributed by atoms with Gasteiger partial charge in [-0.3, -0.25) is 0 Å². The summed E-state index contributed by atoms with van der Waals surface area (Å²) in [4.78, 5) is 0. The molecule has 1 unspecified atom stereocenters. The van der Waals surface area contributed by atoms with Gasteiger partial charge in [0.05, 0.1) is 0 Å². The molecule has 72 valence electrons. The van der Waals surface area contributed by atoms with Crippen LogP contribution < -0.4 is 5.32 Å². The van der Waals surface area contributed by atoms with Gasteiger partial charge in [-0.1, -0.05) is 37.0 Å². The molecule has 0 saturated carbocycles. The smallest absolute Gasteiger partial charge is 0.0476 e. The van der Waals surface area contributed by atoms with Crippen molar-refractivity contribution in [2.24, 2.45) is 0 Å². The van der Waals surface area contributed by atoms with E-state index in [4.69, 9.17) is 0 Å².